The van der Waals surface area contributed by atoms with Crippen LogP contribution in [0, 0.1) is 0 Å². The molecule has 3 rings (SSSR count). The number of cyclic esters (lactones) is 1. The van der Waals surface area contributed by atoms with Crippen LogP contribution in [-0.2, 0) is 24.3 Å². The van der Waals surface area contributed by atoms with Gasteiger partial charge in [-0.05, 0) is 30.3 Å². The third kappa shape index (κ3) is 4.44. The first-order chi connectivity index (χ1) is 13.8. The van der Waals surface area contributed by atoms with Crippen molar-refractivity contribution in [1.29, 1.82) is 0 Å². The summed E-state index contributed by atoms with van der Waals surface area (Å²) in [6.45, 7) is 3.77. The van der Waals surface area contributed by atoms with E-state index in [9.17, 15) is 18.0 Å². The number of sulfonamides is 1. The van der Waals surface area contributed by atoms with Crippen molar-refractivity contribution >= 4 is 39.3 Å². The molecule has 1 fully saturated rings. The molecule has 152 valence electrons. The van der Waals surface area contributed by atoms with Crippen molar-refractivity contribution in [2.75, 3.05) is 17.5 Å². The molecule has 0 aliphatic carbocycles. The predicted octanol–water partition coefficient (Wildman–Crippen LogP) is 3.19. The zero-order valence-corrected chi connectivity index (χ0v) is 16.9. The van der Waals surface area contributed by atoms with E-state index < -0.39 is 28.1 Å². The van der Waals surface area contributed by atoms with Crippen molar-refractivity contribution < 1.29 is 27.5 Å². The fourth-order valence-electron chi connectivity index (χ4n) is 2.79. The number of para-hydroxylation sites is 1. The standard InChI is InChI=1S/C20H18ClNO6S/c1-2-11-22(17-9-4-3-8-16(17)21)29(25,26)15-7-5-6-14(13-15)19(23)28-18-10-12-27-20(18)24/h2-9,13,18H,1,10-12H2/t18-/m1/s1. The van der Waals surface area contributed by atoms with Crippen LogP contribution in [0.2, 0.25) is 5.02 Å². The van der Waals surface area contributed by atoms with Crippen LogP contribution in [0.4, 0.5) is 5.69 Å². The van der Waals surface area contributed by atoms with Gasteiger partial charge in [-0.3, -0.25) is 4.31 Å². The summed E-state index contributed by atoms with van der Waals surface area (Å²) in [5, 5.41) is 0.258. The van der Waals surface area contributed by atoms with E-state index in [-0.39, 0.29) is 40.7 Å². The first-order valence-electron chi connectivity index (χ1n) is 8.70. The lowest BCUT2D eigenvalue weighted by molar-refractivity contribution is -0.145. The van der Waals surface area contributed by atoms with E-state index in [0.717, 1.165) is 4.31 Å². The maximum atomic E-state index is 13.2. The number of nitrogens with zero attached hydrogens (tertiary/aromatic N) is 1. The highest BCUT2D eigenvalue weighted by atomic mass is 35.5. The zero-order chi connectivity index (χ0) is 21.0. The minimum atomic E-state index is -4.05. The quantitative estimate of drug-likeness (QED) is 0.490. The van der Waals surface area contributed by atoms with Crippen LogP contribution in [-0.4, -0.2) is 39.6 Å². The van der Waals surface area contributed by atoms with Gasteiger partial charge in [0.05, 0.1) is 34.3 Å². The van der Waals surface area contributed by atoms with E-state index in [4.69, 9.17) is 21.1 Å². The molecule has 0 radical (unpaired) electrons. The Kier molecular flexibility index (Phi) is 6.24. The van der Waals surface area contributed by atoms with Gasteiger partial charge in [0.2, 0.25) is 6.10 Å². The molecule has 0 bridgehead atoms. The van der Waals surface area contributed by atoms with Crippen molar-refractivity contribution in [2.45, 2.75) is 17.4 Å². The fraction of sp³-hybridized carbons (Fsp3) is 0.200. The highest BCUT2D eigenvalue weighted by Gasteiger charge is 2.31. The van der Waals surface area contributed by atoms with Crippen molar-refractivity contribution in [2.24, 2.45) is 0 Å². The summed E-state index contributed by atoms with van der Waals surface area (Å²) in [6.07, 6.45) is 0.718. The Morgan fingerprint density at radius 1 is 1.28 bits per heavy atom. The largest absolute Gasteiger partial charge is 0.463 e. The zero-order valence-electron chi connectivity index (χ0n) is 15.3. The molecule has 1 saturated heterocycles. The van der Waals surface area contributed by atoms with E-state index >= 15 is 0 Å². The molecule has 0 N–H and O–H groups in total. The topological polar surface area (TPSA) is 90.0 Å². The van der Waals surface area contributed by atoms with Gasteiger partial charge in [0.25, 0.3) is 10.0 Å². The first-order valence-corrected chi connectivity index (χ1v) is 10.5. The van der Waals surface area contributed by atoms with Gasteiger partial charge in [-0.15, -0.1) is 6.58 Å². The Balaban J connectivity index is 1.93. The minimum Gasteiger partial charge on any atom is -0.463 e. The number of carbonyl (C=O) groups excluding carboxylic acids is 2. The molecule has 0 saturated carbocycles. The molecule has 1 aliphatic rings. The van der Waals surface area contributed by atoms with E-state index in [1.807, 2.05) is 0 Å². The van der Waals surface area contributed by atoms with Gasteiger partial charge in [-0.2, -0.15) is 0 Å². The summed E-state index contributed by atoms with van der Waals surface area (Å²) in [5.74, 6) is -1.42. The van der Waals surface area contributed by atoms with Gasteiger partial charge in [0.1, 0.15) is 0 Å². The number of benzene rings is 2. The second-order valence-electron chi connectivity index (χ2n) is 6.15. The van der Waals surface area contributed by atoms with Crippen LogP contribution < -0.4 is 4.31 Å². The molecule has 0 unspecified atom stereocenters. The number of anilines is 1. The molecule has 7 nitrogen and oxygen atoms in total. The molecule has 2 aromatic rings. The lowest BCUT2D eigenvalue weighted by Gasteiger charge is -2.24. The molecular weight excluding hydrogens is 418 g/mol. The Labute approximate surface area is 173 Å². The summed E-state index contributed by atoms with van der Waals surface area (Å²) in [5.41, 5.74) is 0.291. The van der Waals surface area contributed by atoms with Crippen molar-refractivity contribution in [3.05, 3.63) is 71.8 Å². The number of rotatable bonds is 7. The normalized spacial score (nSPS) is 16.2. The third-order valence-electron chi connectivity index (χ3n) is 4.21. The van der Waals surface area contributed by atoms with E-state index in [0.29, 0.717) is 0 Å². The molecule has 29 heavy (non-hydrogen) atoms. The van der Waals surface area contributed by atoms with Crippen LogP contribution in [0.3, 0.4) is 0 Å². The maximum Gasteiger partial charge on any atom is 0.347 e. The highest BCUT2D eigenvalue weighted by Crippen LogP contribution is 2.30. The van der Waals surface area contributed by atoms with Gasteiger partial charge in [-0.1, -0.05) is 35.9 Å². The van der Waals surface area contributed by atoms with E-state index in [2.05, 4.69) is 6.58 Å². The van der Waals surface area contributed by atoms with Gasteiger partial charge in [0, 0.05) is 6.42 Å². The first kappa shape index (κ1) is 20.9. The summed E-state index contributed by atoms with van der Waals surface area (Å²) in [6, 6.07) is 11.9. The van der Waals surface area contributed by atoms with Gasteiger partial charge in [0.15, 0.2) is 0 Å². The Morgan fingerprint density at radius 3 is 2.69 bits per heavy atom. The number of halogens is 1. The summed E-state index contributed by atoms with van der Waals surface area (Å²) in [4.78, 5) is 23.7. The highest BCUT2D eigenvalue weighted by molar-refractivity contribution is 7.92. The Hall–Kier alpha value is -2.84. The summed E-state index contributed by atoms with van der Waals surface area (Å²) >= 11 is 6.18. The SMILES string of the molecule is C=CCN(c1ccccc1Cl)S(=O)(=O)c1cccc(C(=O)O[C@@H]2CCOC2=O)c1. The van der Waals surface area contributed by atoms with Gasteiger partial charge >= 0.3 is 11.9 Å². The van der Waals surface area contributed by atoms with E-state index in [1.54, 1.807) is 24.3 Å². The van der Waals surface area contributed by atoms with Crippen molar-refractivity contribution in [3.63, 3.8) is 0 Å². The summed E-state index contributed by atoms with van der Waals surface area (Å²) < 4.78 is 37.5. The van der Waals surface area contributed by atoms with Crippen LogP contribution >= 0.6 is 11.6 Å². The van der Waals surface area contributed by atoms with Crippen LogP contribution in [0.5, 0.6) is 0 Å². The molecule has 1 heterocycles. The average molecular weight is 436 g/mol. The van der Waals surface area contributed by atoms with Gasteiger partial charge < -0.3 is 9.47 Å². The molecule has 1 aliphatic heterocycles. The summed E-state index contributed by atoms with van der Waals surface area (Å²) in [7, 11) is -4.05. The number of hydrogen-bond donors (Lipinski definition) is 0. The minimum absolute atomic E-state index is 0.00323. The van der Waals surface area contributed by atoms with Crippen molar-refractivity contribution in [3.8, 4) is 0 Å². The third-order valence-corrected chi connectivity index (χ3v) is 6.31. The van der Waals surface area contributed by atoms with Crippen LogP contribution in [0.15, 0.2) is 66.1 Å². The molecule has 9 heteroatoms. The lowest BCUT2D eigenvalue weighted by Crippen LogP contribution is -2.31. The van der Waals surface area contributed by atoms with E-state index in [1.165, 1.54) is 30.3 Å². The molecule has 2 aromatic carbocycles. The Bertz CT molecular complexity index is 1050. The number of hydrogen-bond acceptors (Lipinski definition) is 6. The van der Waals surface area contributed by atoms with Crippen molar-refractivity contribution in [1.82, 2.24) is 0 Å². The molecule has 0 amide bonds. The molecule has 0 spiro atoms. The lowest BCUT2D eigenvalue weighted by atomic mass is 10.2. The number of esters is 2. The number of ether oxygens (including phenoxy) is 2. The second kappa shape index (κ2) is 8.67. The fourth-order valence-corrected chi connectivity index (χ4v) is 4.58. The monoisotopic (exact) mass is 435 g/mol. The number of carbonyl (C=O) groups is 2. The Morgan fingerprint density at radius 2 is 2.03 bits per heavy atom. The predicted molar refractivity (Wildman–Crippen MR) is 107 cm³/mol. The maximum absolute atomic E-state index is 13.2. The van der Waals surface area contributed by atoms with Gasteiger partial charge in [-0.25, -0.2) is 18.0 Å². The van der Waals surface area contributed by atoms with Crippen LogP contribution in [0.25, 0.3) is 0 Å². The average Bonchev–Trinajstić information content (AvgIpc) is 3.11. The smallest absolute Gasteiger partial charge is 0.347 e. The van der Waals surface area contributed by atoms with Crippen LogP contribution in [0.1, 0.15) is 16.8 Å². The molecule has 1 atom stereocenters. The molecular formula is C20H18ClNO6S. The second-order valence-corrected chi connectivity index (χ2v) is 8.42. The molecule has 0 aromatic heterocycles.